The molecule has 0 aliphatic heterocycles. The van der Waals surface area contributed by atoms with Crippen LogP contribution in [-0.2, 0) is 4.79 Å². The molecule has 0 rings (SSSR count). The molecular formula is C11H18N2O3. The Morgan fingerprint density at radius 1 is 1.44 bits per heavy atom. The van der Waals surface area contributed by atoms with Gasteiger partial charge in [0.15, 0.2) is 0 Å². The van der Waals surface area contributed by atoms with E-state index >= 15 is 0 Å². The molecule has 90 valence electrons. The van der Waals surface area contributed by atoms with Gasteiger partial charge in [-0.05, 0) is 12.8 Å². The van der Waals surface area contributed by atoms with Gasteiger partial charge >= 0.3 is 12.0 Å². The smallest absolute Gasteiger partial charge is 0.315 e. The topological polar surface area (TPSA) is 78.4 Å². The molecule has 0 aromatic rings. The van der Waals surface area contributed by atoms with E-state index in [2.05, 4.69) is 16.6 Å². The van der Waals surface area contributed by atoms with Crippen LogP contribution < -0.4 is 10.6 Å². The van der Waals surface area contributed by atoms with Gasteiger partial charge in [-0.1, -0.05) is 6.92 Å². The first-order valence-corrected chi connectivity index (χ1v) is 5.15. The molecule has 0 aliphatic carbocycles. The monoisotopic (exact) mass is 226 g/mol. The zero-order valence-corrected chi connectivity index (χ0v) is 9.62. The standard InChI is InChI=1S/C11H18N2O3/c1-4-5-9(3)13-11(16)12-7-8(2)6-10(14)15/h1,8-9H,5-7H2,2-3H3,(H,14,15)(H2,12,13,16). The van der Waals surface area contributed by atoms with Gasteiger partial charge in [0.2, 0.25) is 0 Å². The zero-order valence-electron chi connectivity index (χ0n) is 9.62. The van der Waals surface area contributed by atoms with E-state index in [1.165, 1.54) is 0 Å². The van der Waals surface area contributed by atoms with Crippen LogP contribution in [-0.4, -0.2) is 29.7 Å². The van der Waals surface area contributed by atoms with Gasteiger partial charge < -0.3 is 15.7 Å². The van der Waals surface area contributed by atoms with Crippen LogP contribution in [0.3, 0.4) is 0 Å². The zero-order chi connectivity index (χ0) is 12.6. The summed E-state index contributed by atoms with van der Waals surface area (Å²) in [6.45, 7) is 3.90. The van der Waals surface area contributed by atoms with Crippen LogP contribution in [0.2, 0.25) is 0 Å². The molecule has 0 heterocycles. The quantitative estimate of drug-likeness (QED) is 0.586. The molecule has 0 fully saturated rings. The predicted molar refractivity (Wildman–Crippen MR) is 60.9 cm³/mol. The van der Waals surface area contributed by atoms with Crippen molar-refractivity contribution in [3.05, 3.63) is 0 Å². The fourth-order valence-electron chi connectivity index (χ4n) is 1.14. The Morgan fingerprint density at radius 2 is 2.06 bits per heavy atom. The van der Waals surface area contributed by atoms with E-state index in [1.807, 2.05) is 0 Å². The van der Waals surface area contributed by atoms with Gasteiger partial charge in [-0.2, -0.15) is 0 Å². The van der Waals surface area contributed by atoms with E-state index in [1.54, 1.807) is 13.8 Å². The summed E-state index contributed by atoms with van der Waals surface area (Å²) >= 11 is 0. The highest BCUT2D eigenvalue weighted by molar-refractivity contribution is 5.74. The van der Waals surface area contributed by atoms with Gasteiger partial charge in [0.25, 0.3) is 0 Å². The molecule has 5 nitrogen and oxygen atoms in total. The van der Waals surface area contributed by atoms with Gasteiger partial charge in [-0.3, -0.25) is 4.79 Å². The molecule has 2 amide bonds. The minimum absolute atomic E-state index is 0.0419. The van der Waals surface area contributed by atoms with Crippen LogP contribution in [0.4, 0.5) is 4.79 Å². The van der Waals surface area contributed by atoms with Crippen LogP contribution in [0.25, 0.3) is 0 Å². The summed E-state index contributed by atoms with van der Waals surface area (Å²) in [5, 5.41) is 13.8. The molecule has 0 aromatic carbocycles. The lowest BCUT2D eigenvalue weighted by Gasteiger charge is -2.14. The Hall–Kier alpha value is -1.70. The molecule has 0 saturated heterocycles. The van der Waals surface area contributed by atoms with Gasteiger partial charge in [-0.15, -0.1) is 12.3 Å². The maximum atomic E-state index is 11.3. The van der Waals surface area contributed by atoms with Crippen LogP contribution >= 0.6 is 0 Å². The Balaban J connectivity index is 3.73. The summed E-state index contributed by atoms with van der Waals surface area (Å²) in [6.07, 6.45) is 5.61. The second kappa shape index (κ2) is 7.57. The van der Waals surface area contributed by atoms with Crippen molar-refractivity contribution in [2.75, 3.05) is 6.54 Å². The number of urea groups is 1. The van der Waals surface area contributed by atoms with Gasteiger partial charge in [-0.25, -0.2) is 4.79 Å². The molecule has 0 aromatic heterocycles. The van der Waals surface area contributed by atoms with E-state index in [0.717, 1.165) is 0 Å². The van der Waals surface area contributed by atoms with Gasteiger partial charge in [0.05, 0.1) is 0 Å². The fraction of sp³-hybridized carbons (Fsp3) is 0.636. The van der Waals surface area contributed by atoms with Crippen molar-refractivity contribution < 1.29 is 14.7 Å². The Labute approximate surface area is 95.6 Å². The number of hydrogen-bond donors (Lipinski definition) is 3. The number of nitrogens with one attached hydrogen (secondary N) is 2. The van der Waals surface area contributed by atoms with E-state index in [-0.39, 0.29) is 24.4 Å². The highest BCUT2D eigenvalue weighted by atomic mass is 16.4. The molecule has 2 unspecified atom stereocenters. The van der Waals surface area contributed by atoms with E-state index in [4.69, 9.17) is 11.5 Å². The van der Waals surface area contributed by atoms with Crippen LogP contribution in [0.15, 0.2) is 0 Å². The SMILES string of the molecule is C#CCC(C)NC(=O)NCC(C)CC(=O)O. The number of aliphatic carboxylic acids is 1. The maximum Gasteiger partial charge on any atom is 0.315 e. The van der Waals surface area contributed by atoms with Crippen LogP contribution in [0.5, 0.6) is 0 Å². The maximum absolute atomic E-state index is 11.3. The lowest BCUT2D eigenvalue weighted by atomic mass is 10.1. The summed E-state index contributed by atoms with van der Waals surface area (Å²) in [5.41, 5.74) is 0. The minimum atomic E-state index is -0.865. The second-order valence-electron chi connectivity index (χ2n) is 3.87. The lowest BCUT2D eigenvalue weighted by molar-refractivity contribution is -0.137. The third-order valence-electron chi connectivity index (χ3n) is 1.94. The largest absolute Gasteiger partial charge is 0.481 e. The van der Waals surface area contributed by atoms with Crippen molar-refractivity contribution in [2.45, 2.75) is 32.7 Å². The molecule has 16 heavy (non-hydrogen) atoms. The molecule has 0 aliphatic rings. The average Bonchev–Trinajstić information content (AvgIpc) is 2.14. The molecule has 3 N–H and O–H groups in total. The third kappa shape index (κ3) is 7.68. The summed E-state index contributed by atoms with van der Waals surface area (Å²) < 4.78 is 0. The number of rotatable bonds is 6. The van der Waals surface area contributed by atoms with Gasteiger partial charge in [0.1, 0.15) is 0 Å². The average molecular weight is 226 g/mol. The van der Waals surface area contributed by atoms with Crippen molar-refractivity contribution in [3.8, 4) is 12.3 Å². The molecule has 0 saturated carbocycles. The summed E-state index contributed by atoms with van der Waals surface area (Å²) in [5.74, 6) is 1.49. The number of carbonyl (C=O) groups is 2. The first-order chi connectivity index (χ1) is 7.45. The van der Waals surface area contributed by atoms with E-state index in [9.17, 15) is 9.59 Å². The fourth-order valence-corrected chi connectivity index (χ4v) is 1.14. The first kappa shape index (κ1) is 14.3. The van der Waals surface area contributed by atoms with Crippen molar-refractivity contribution >= 4 is 12.0 Å². The Kier molecular flexibility index (Phi) is 6.77. The third-order valence-corrected chi connectivity index (χ3v) is 1.94. The number of hydrogen-bond acceptors (Lipinski definition) is 2. The predicted octanol–water partition coefficient (Wildman–Crippen LogP) is 0.808. The number of terminal acetylenes is 1. The number of carboxylic acids is 1. The molecule has 0 bridgehead atoms. The summed E-state index contributed by atoms with van der Waals surface area (Å²) in [6, 6.07) is -0.403. The molecule has 5 heteroatoms. The summed E-state index contributed by atoms with van der Waals surface area (Å²) in [4.78, 5) is 21.6. The van der Waals surface area contributed by atoms with Crippen molar-refractivity contribution in [1.82, 2.24) is 10.6 Å². The highest BCUT2D eigenvalue weighted by Gasteiger charge is 2.10. The molecule has 0 radical (unpaired) electrons. The van der Waals surface area contributed by atoms with Crippen molar-refractivity contribution in [2.24, 2.45) is 5.92 Å². The minimum Gasteiger partial charge on any atom is -0.481 e. The Bertz CT molecular complexity index is 283. The summed E-state index contributed by atoms with van der Waals surface area (Å²) in [7, 11) is 0. The lowest BCUT2D eigenvalue weighted by Crippen LogP contribution is -2.42. The second-order valence-corrected chi connectivity index (χ2v) is 3.87. The van der Waals surface area contributed by atoms with Crippen molar-refractivity contribution in [3.63, 3.8) is 0 Å². The first-order valence-electron chi connectivity index (χ1n) is 5.15. The molecule has 0 spiro atoms. The number of amides is 2. The van der Waals surface area contributed by atoms with Crippen molar-refractivity contribution in [1.29, 1.82) is 0 Å². The Morgan fingerprint density at radius 3 is 2.56 bits per heavy atom. The van der Waals surface area contributed by atoms with Crippen LogP contribution in [0.1, 0.15) is 26.7 Å². The van der Waals surface area contributed by atoms with Crippen LogP contribution in [0, 0.1) is 18.3 Å². The van der Waals surface area contributed by atoms with E-state index < -0.39 is 5.97 Å². The molecular weight excluding hydrogens is 208 g/mol. The van der Waals surface area contributed by atoms with Gasteiger partial charge in [0, 0.05) is 25.4 Å². The molecule has 2 atom stereocenters. The number of carboxylic acid groups (broad SMARTS) is 1. The highest BCUT2D eigenvalue weighted by Crippen LogP contribution is 1.99. The number of carbonyl (C=O) groups excluding carboxylic acids is 1. The normalized spacial score (nSPS) is 13.3. The van der Waals surface area contributed by atoms with E-state index in [0.29, 0.717) is 13.0 Å².